The van der Waals surface area contributed by atoms with Gasteiger partial charge in [0.05, 0.1) is 23.8 Å². The number of rotatable bonds is 9. The molecular weight excluding hydrogens is 580 g/mol. The second-order valence-electron chi connectivity index (χ2n) is 11.4. The molecule has 2 heterocycles. The number of phenols is 1. The van der Waals surface area contributed by atoms with E-state index in [1.165, 1.54) is 0 Å². The number of aromatic hydroxyl groups is 1. The zero-order chi connectivity index (χ0) is 31.4. The fourth-order valence-corrected chi connectivity index (χ4v) is 6.20. The number of carbonyl (C=O) groups excluding carboxylic acids is 3. The summed E-state index contributed by atoms with van der Waals surface area (Å²) in [6.45, 7) is 3.27. The number of fused-ring (bicyclic) bond motifs is 1. The molecule has 0 spiro atoms. The molecular formula is C33H39ClN6O4. The number of urea groups is 1. The number of hydrazine groups is 1. The second-order valence-corrected chi connectivity index (χ2v) is 11.9. The highest BCUT2D eigenvalue weighted by atomic mass is 35.5. The van der Waals surface area contributed by atoms with Crippen molar-refractivity contribution in [3.63, 3.8) is 0 Å². The van der Waals surface area contributed by atoms with Crippen LogP contribution in [0, 0.1) is 0 Å². The molecule has 2 fully saturated rings. The zero-order valence-electron chi connectivity index (χ0n) is 25.3. The summed E-state index contributed by atoms with van der Waals surface area (Å²) in [5.41, 5.74) is 3.47. The van der Waals surface area contributed by atoms with E-state index in [4.69, 9.17) is 11.6 Å². The predicted octanol–water partition coefficient (Wildman–Crippen LogP) is 4.07. The predicted molar refractivity (Wildman–Crippen MR) is 170 cm³/mol. The Morgan fingerprint density at radius 2 is 1.70 bits per heavy atom. The summed E-state index contributed by atoms with van der Waals surface area (Å²) in [6, 6.07) is 20.8. The first-order chi connectivity index (χ1) is 21.2. The quantitative estimate of drug-likeness (QED) is 0.375. The SMILES string of the molecule is CCCN1CC(=O)N2[C@@H](Cc3ccc(O)cc3)C(=O)N(Cc3ccc(Cl)c(N(C)C)c3)C[C@@H]2N1C(=O)NCc1ccccc1. The van der Waals surface area contributed by atoms with Crippen LogP contribution >= 0.6 is 11.6 Å². The van der Waals surface area contributed by atoms with Crippen LogP contribution in [0.3, 0.4) is 0 Å². The van der Waals surface area contributed by atoms with E-state index >= 15 is 0 Å². The number of phenolic OH excluding ortho intramolecular Hbond substituents is 1. The first-order valence-electron chi connectivity index (χ1n) is 14.9. The van der Waals surface area contributed by atoms with Crippen molar-refractivity contribution in [2.45, 2.75) is 45.1 Å². The molecule has 2 aliphatic rings. The highest BCUT2D eigenvalue weighted by Gasteiger charge is 2.51. The van der Waals surface area contributed by atoms with Gasteiger partial charge in [0.1, 0.15) is 18.0 Å². The molecule has 2 atom stereocenters. The van der Waals surface area contributed by atoms with Crippen molar-refractivity contribution in [3.05, 3.63) is 94.5 Å². The largest absolute Gasteiger partial charge is 0.508 e. The normalized spacial score (nSPS) is 18.8. The number of hydrogen-bond donors (Lipinski definition) is 2. The number of piperazine rings is 1. The minimum absolute atomic E-state index is 0.00810. The van der Waals surface area contributed by atoms with E-state index in [2.05, 4.69) is 5.32 Å². The second kappa shape index (κ2) is 13.6. The lowest BCUT2D eigenvalue weighted by Crippen LogP contribution is -2.76. The summed E-state index contributed by atoms with van der Waals surface area (Å²) in [6.07, 6.45) is 0.272. The van der Waals surface area contributed by atoms with Gasteiger partial charge in [-0.3, -0.25) is 9.59 Å². The Labute approximate surface area is 263 Å². The molecule has 0 aromatic heterocycles. The summed E-state index contributed by atoms with van der Waals surface area (Å²) >= 11 is 6.43. The monoisotopic (exact) mass is 618 g/mol. The van der Waals surface area contributed by atoms with Crippen LogP contribution in [-0.2, 0) is 29.1 Å². The van der Waals surface area contributed by atoms with E-state index in [9.17, 15) is 19.5 Å². The molecule has 44 heavy (non-hydrogen) atoms. The van der Waals surface area contributed by atoms with Crippen molar-refractivity contribution >= 4 is 35.1 Å². The van der Waals surface area contributed by atoms with Gasteiger partial charge in [0.15, 0.2) is 0 Å². The maximum atomic E-state index is 14.2. The van der Waals surface area contributed by atoms with Crippen molar-refractivity contribution < 1.29 is 19.5 Å². The van der Waals surface area contributed by atoms with Gasteiger partial charge in [-0.1, -0.05) is 67.1 Å². The van der Waals surface area contributed by atoms with E-state index < -0.39 is 12.2 Å². The smallest absolute Gasteiger partial charge is 0.334 e. The third-order valence-electron chi connectivity index (χ3n) is 8.04. The summed E-state index contributed by atoms with van der Waals surface area (Å²) < 4.78 is 0. The van der Waals surface area contributed by atoms with Crippen LogP contribution in [-0.4, -0.2) is 88.7 Å². The van der Waals surface area contributed by atoms with Crippen LogP contribution in [0.4, 0.5) is 10.5 Å². The fraction of sp³-hybridized carbons (Fsp3) is 0.364. The minimum atomic E-state index is -0.834. The molecule has 10 nitrogen and oxygen atoms in total. The molecule has 232 valence electrons. The third kappa shape index (κ3) is 6.76. The summed E-state index contributed by atoms with van der Waals surface area (Å²) in [7, 11) is 3.81. The first kappa shape index (κ1) is 31.2. The van der Waals surface area contributed by atoms with Crippen LogP contribution in [0.5, 0.6) is 5.75 Å². The molecule has 0 saturated carbocycles. The van der Waals surface area contributed by atoms with Crippen LogP contribution < -0.4 is 10.2 Å². The maximum Gasteiger partial charge on any atom is 0.334 e. The number of benzene rings is 3. The van der Waals surface area contributed by atoms with Gasteiger partial charge in [-0.2, -0.15) is 0 Å². The molecule has 4 amide bonds. The van der Waals surface area contributed by atoms with Crippen molar-refractivity contribution in [1.82, 2.24) is 25.1 Å². The summed E-state index contributed by atoms with van der Waals surface area (Å²) in [5.74, 6) is -0.278. The van der Waals surface area contributed by atoms with Crippen molar-refractivity contribution in [2.24, 2.45) is 0 Å². The molecule has 2 N–H and O–H groups in total. The molecule has 0 unspecified atom stereocenters. The van der Waals surface area contributed by atoms with E-state index in [1.54, 1.807) is 44.1 Å². The Hall–Kier alpha value is -4.28. The van der Waals surface area contributed by atoms with Crippen molar-refractivity contribution in [3.8, 4) is 5.75 Å². The van der Waals surface area contributed by atoms with Crippen LogP contribution in [0.1, 0.15) is 30.0 Å². The van der Waals surface area contributed by atoms with Gasteiger partial charge >= 0.3 is 6.03 Å². The Bertz CT molecular complexity index is 1490. The Morgan fingerprint density at radius 3 is 2.39 bits per heavy atom. The Morgan fingerprint density at radius 1 is 1.00 bits per heavy atom. The minimum Gasteiger partial charge on any atom is -0.508 e. The summed E-state index contributed by atoms with van der Waals surface area (Å²) in [5, 5.41) is 16.9. The van der Waals surface area contributed by atoms with Gasteiger partial charge in [-0.25, -0.2) is 14.8 Å². The van der Waals surface area contributed by atoms with E-state index in [-0.39, 0.29) is 49.7 Å². The average molecular weight is 619 g/mol. The molecule has 0 bridgehead atoms. The Balaban J connectivity index is 1.50. The van der Waals surface area contributed by atoms with Gasteiger partial charge in [0, 0.05) is 40.2 Å². The molecule has 2 saturated heterocycles. The van der Waals surface area contributed by atoms with Crippen LogP contribution in [0.15, 0.2) is 72.8 Å². The number of amides is 4. The summed E-state index contributed by atoms with van der Waals surface area (Å²) in [4.78, 5) is 47.1. The number of nitrogens with zero attached hydrogens (tertiary/aromatic N) is 5. The molecule has 2 aliphatic heterocycles. The molecule has 5 rings (SSSR count). The number of anilines is 1. The highest BCUT2D eigenvalue weighted by Crippen LogP contribution is 2.31. The van der Waals surface area contributed by atoms with Crippen LogP contribution in [0.2, 0.25) is 5.02 Å². The standard InChI is InChI=1S/C33H39ClN6O4/c1-4-16-38-22-31(42)39-29(17-23-10-13-26(41)14-11-23)32(43)37(20-25-12-15-27(34)28(18-25)36(2)3)21-30(39)40(38)33(44)35-19-24-8-6-5-7-9-24/h5-15,18,29-30,41H,4,16-17,19-22H2,1-3H3,(H,35,44)/t29-,30-/m0/s1. The van der Waals surface area contributed by atoms with Gasteiger partial charge in [0.25, 0.3) is 0 Å². The van der Waals surface area contributed by atoms with Crippen LogP contribution in [0.25, 0.3) is 0 Å². The number of hydrogen-bond acceptors (Lipinski definition) is 6. The molecule has 0 radical (unpaired) electrons. The first-order valence-corrected chi connectivity index (χ1v) is 15.2. The van der Waals surface area contributed by atoms with Crippen molar-refractivity contribution in [2.75, 3.05) is 38.6 Å². The topological polar surface area (TPSA) is 99.7 Å². The van der Waals surface area contributed by atoms with Gasteiger partial charge in [0.2, 0.25) is 11.8 Å². The number of carbonyl (C=O) groups is 3. The lowest BCUT2D eigenvalue weighted by atomic mass is 9.98. The van der Waals surface area contributed by atoms with Gasteiger partial charge in [-0.05, 0) is 47.4 Å². The third-order valence-corrected chi connectivity index (χ3v) is 8.36. The molecule has 3 aromatic carbocycles. The highest BCUT2D eigenvalue weighted by molar-refractivity contribution is 6.33. The van der Waals surface area contributed by atoms with Gasteiger partial charge < -0.3 is 25.1 Å². The van der Waals surface area contributed by atoms with Gasteiger partial charge in [-0.15, -0.1) is 0 Å². The molecule has 0 aliphatic carbocycles. The fourth-order valence-electron chi connectivity index (χ4n) is 5.92. The molecule has 3 aromatic rings. The van der Waals surface area contributed by atoms with Crippen molar-refractivity contribution in [1.29, 1.82) is 0 Å². The number of nitrogens with one attached hydrogen (secondary N) is 1. The zero-order valence-corrected chi connectivity index (χ0v) is 26.1. The lowest BCUT2D eigenvalue weighted by Gasteiger charge is -2.55. The maximum absolute atomic E-state index is 14.2. The number of halogens is 1. The van der Waals surface area contributed by atoms with E-state index in [0.717, 1.165) is 28.8 Å². The lowest BCUT2D eigenvalue weighted by molar-refractivity contribution is -0.190. The van der Waals surface area contributed by atoms with E-state index in [1.807, 2.05) is 74.4 Å². The Kier molecular flexibility index (Phi) is 9.61. The molecule has 11 heteroatoms. The average Bonchev–Trinajstić information content (AvgIpc) is 3.00. The van der Waals surface area contributed by atoms with E-state index in [0.29, 0.717) is 18.1 Å².